The van der Waals surface area contributed by atoms with Gasteiger partial charge in [0.15, 0.2) is 0 Å². The van der Waals surface area contributed by atoms with Gasteiger partial charge in [-0.25, -0.2) is 8.42 Å². The third-order valence-electron chi connectivity index (χ3n) is 4.43. The maximum atomic E-state index is 13.0. The molecule has 1 atom stereocenters. The standard InChI is InChI=1S/C20H25ClN2O4S/c1-14-6-9-17(21)12-19(14)23(28(5,25)26)15(2)20(24)22(3)13-16-7-10-18(27-4)11-8-16/h6-12,15H,13H2,1-5H3/t15-/m0/s1. The Bertz CT molecular complexity index is 945. The lowest BCUT2D eigenvalue weighted by Crippen LogP contribution is -2.48. The minimum atomic E-state index is -3.71. The van der Waals surface area contributed by atoms with E-state index in [0.717, 1.165) is 21.9 Å². The summed E-state index contributed by atoms with van der Waals surface area (Å²) < 4.78 is 31.2. The molecule has 0 N–H and O–H groups in total. The van der Waals surface area contributed by atoms with E-state index in [9.17, 15) is 13.2 Å². The summed E-state index contributed by atoms with van der Waals surface area (Å²) in [6, 6.07) is 11.4. The van der Waals surface area contributed by atoms with Crippen LogP contribution in [0.5, 0.6) is 5.75 Å². The van der Waals surface area contributed by atoms with Gasteiger partial charge in [0.25, 0.3) is 0 Å². The summed E-state index contributed by atoms with van der Waals surface area (Å²) in [5, 5.41) is 0.403. The van der Waals surface area contributed by atoms with Gasteiger partial charge in [-0.3, -0.25) is 9.10 Å². The fourth-order valence-corrected chi connectivity index (χ4v) is 4.38. The van der Waals surface area contributed by atoms with Gasteiger partial charge in [0.1, 0.15) is 11.8 Å². The summed E-state index contributed by atoms with van der Waals surface area (Å²) in [4.78, 5) is 14.5. The summed E-state index contributed by atoms with van der Waals surface area (Å²) in [7, 11) is -0.472. The number of rotatable bonds is 7. The quantitative estimate of drug-likeness (QED) is 0.682. The average molecular weight is 425 g/mol. The number of likely N-dealkylation sites (N-methyl/N-ethyl adjacent to an activating group) is 1. The average Bonchev–Trinajstić information content (AvgIpc) is 2.63. The van der Waals surface area contributed by atoms with E-state index < -0.39 is 16.1 Å². The van der Waals surface area contributed by atoms with Crippen molar-refractivity contribution in [3.05, 3.63) is 58.6 Å². The van der Waals surface area contributed by atoms with Crippen LogP contribution in [0, 0.1) is 6.92 Å². The van der Waals surface area contributed by atoms with Crippen LogP contribution in [0.25, 0.3) is 0 Å². The highest BCUT2D eigenvalue weighted by Crippen LogP contribution is 2.28. The number of carbonyl (C=O) groups is 1. The number of methoxy groups -OCH3 is 1. The van der Waals surface area contributed by atoms with Crippen molar-refractivity contribution in [3.8, 4) is 5.75 Å². The molecular weight excluding hydrogens is 400 g/mol. The summed E-state index contributed by atoms with van der Waals surface area (Å²) in [5.41, 5.74) is 2.02. The Balaban J connectivity index is 2.28. The Hall–Kier alpha value is -2.25. The van der Waals surface area contributed by atoms with E-state index in [1.54, 1.807) is 46.2 Å². The minimum Gasteiger partial charge on any atom is -0.497 e. The van der Waals surface area contributed by atoms with Gasteiger partial charge >= 0.3 is 0 Å². The van der Waals surface area contributed by atoms with Gasteiger partial charge in [0, 0.05) is 18.6 Å². The van der Waals surface area contributed by atoms with Crippen molar-refractivity contribution in [1.82, 2.24) is 4.90 Å². The number of ether oxygens (including phenoxy) is 1. The second kappa shape index (κ2) is 8.84. The van der Waals surface area contributed by atoms with Gasteiger partial charge < -0.3 is 9.64 Å². The highest BCUT2D eigenvalue weighted by molar-refractivity contribution is 7.92. The number of benzene rings is 2. The Kier molecular flexibility index (Phi) is 6.96. The van der Waals surface area contributed by atoms with E-state index in [1.807, 2.05) is 24.3 Å². The predicted molar refractivity (Wildman–Crippen MR) is 112 cm³/mol. The summed E-state index contributed by atoms with van der Waals surface area (Å²) >= 11 is 6.06. The van der Waals surface area contributed by atoms with Gasteiger partial charge in [-0.05, 0) is 49.2 Å². The molecule has 152 valence electrons. The van der Waals surface area contributed by atoms with Gasteiger partial charge in [-0.1, -0.05) is 29.8 Å². The van der Waals surface area contributed by atoms with Gasteiger partial charge in [0.2, 0.25) is 15.9 Å². The van der Waals surface area contributed by atoms with Crippen molar-refractivity contribution in [3.63, 3.8) is 0 Å². The monoisotopic (exact) mass is 424 g/mol. The van der Waals surface area contributed by atoms with E-state index in [4.69, 9.17) is 16.3 Å². The lowest BCUT2D eigenvalue weighted by atomic mass is 10.1. The van der Waals surface area contributed by atoms with Crippen molar-refractivity contribution < 1.29 is 17.9 Å². The van der Waals surface area contributed by atoms with Crippen LogP contribution in [0.2, 0.25) is 5.02 Å². The number of hydrogen-bond acceptors (Lipinski definition) is 4. The number of amides is 1. The van der Waals surface area contributed by atoms with Crippen molar-refractivity contribution >= 4 is 33.2 Å². The molecule has 0 aromatic heterocycles. The normalized spacial score (nSPS) is 12.4. The van der Waals surface area contributed by atoms with Crippen LogP contribution in [0.3, 0.4) is 0 Å². The van der Waals surface area contributed by atoms with E-state index in [0.29, 0.717) is 22.8 Å². The molecule has 0 heterocycles. The molecule has 0 unspecified atom stereocenters. The number of aryl methyl sites for hydroxylation is 1. The smallest absolute Gasteiger partial charge is 0.246 e. The van der Waals surface area contributed by atoms with Crippen LogP contribution in [0.1, 0.15) is 18.1 Å². The molecule has 28 heavy (non-hydrogen) atoms. The number of anilines is 1. The fraction of sp³-hybridized carbons (Fsp3) is 0.350. The number of hydrogen-bond donors (Lipinski definition) is 0. The zero-order valence-electron chi connectivity index (χ0n) is 16.6. The molecule has 6 nitrogen and oxygen atoms in total. The summed E-state index contributed by atoms with van der Waals surface area (Å²) in [6.07, 6.45) is 1.08. The summed E-state index contributed by atoms with van der Waals surface area (Å²) in [6.45, 7) is 3.70. The largest absolute Gasteiger partial charge is 0.497 e. The van der Waals surface area contributed by atoms with Crippen LogP contribution in [-0.4, -0.2) is 45.7 Å². The predicted octanol–water partition coefficient (Wildman–Crippen LogP) is 3.47. The Morgan fingerprint density at radius 1 is 1.18 bits per heavy atom. The molecule has 0 aliphatic heterocycles. The zero-order valence-corrected chi connectivity index (χ0v) is 18.2. The molecule has 0 fully saturated rings. The third kappa shape index (κ3) is 5.17. The van der Waals surface area contributed by atoms with Crippen LogP contribution < -0.4 is 9.04 Å². The van der Waals surface area contributed by atoms with E-state index in [2.05, 4.69) is 0 Å². The Morgan fingerprint density at radius 3 is 2.32 bits per heavy atom. The second-order valence-corrected chi connectivity index (χ2v) is 9.00. The molecule has 2 rings (SSSR count). The van der Waals surface area contributed by atoms with Crippen LogP contribution in [0.15, 0.2) is 42.5 Å². The first kappa shape index (κ1) is 22.0. The third-order valence-corrected chi connectivity index (χ3v) is 5.89. The summed E-state index contributed by atoms with van der Waals surface area (Å²) in [5.74, 6) is 0.409. The SMILES string of the molecule is COc1ccc(CN(C)C(=O)[C@H](C)N(c2cc(Cl)ccc2C)S(C)(=O)=O)cc1. The number of nitrogens with zero attached hydrogens (tertiary/aromatic N) is 2. The molecule has 0 aliphatic carbocycles. The van der Waals surface area contributed by atoms with Crippen molar-refractivity contribution in [2.24, 2.45) is 0 Å². The van der Waals surface area contributed by atoms with E-state index >= 15 is 0 Å². The lowest BCUT2D eigenvalue weighted by molar-refractivity contribution is -0.131. The molecule has 0 saturated carbocycles. The molecule has 8 heteroatoms. The molecule has 0 aliphatic rings. The molecule has 0 radical (unpaired) electrons. The first-order chi connectivity index (χ1) is 13.0. The molecule has 0 saturated heterocycles. The molecule has 0 bridgehead atoms. The van der Waals surface area contributed by atoms with Gasteiger partial charge in [-0.2, -0.15) is 0 Å². The topological polar surface area (TPSA) is 66.9 Å². The lowest BCUT2D eigenvalue weighted by Gasteiger charge is -2.32. The van der Waals surface area contributed by atoms with Crippen molar-refractivity contribution in [2.75, 3.05) is 24.7 Å². The number of halogens is 1. The minimum absolute atomic E-state index is 0.319. The number of sulfonamides is 1. The molecule has 1 amide bonds. The maximum Gasteiger partial charge on any atom is 0.246 e. The first-order valence-electron chi connectivity index (χ1n) is 8.68. The van der Waals surface area contributed by atoms with Crippen LogP contribution in [-0.2, 0) is 21.4 Å². The maximum absolute atomic E-state index is 13.0. The van der Waals surface area contributed by atoms with E-state index in [1.165, 1.54) is 4.90 Å². The molecule has 2 aromatic rings. The highest BCUT2D eigenvalue weighted by atomic mass is 35.5. The molecular formula is C20H25ClN2O4S. The number of carbonyl (C=O) groups excluding carboxylic acids is 1. The zero-order chi connectivity index (χ0) is 21.1. The Labute approximate surface area is 171 Å². The first-order valence-corrected chi connectivity index (χ1v) is 10.9. The second-order valence-electron chi connectivity index (χ2n) is 6.71. The van der Waals surface area contributed by atoms with Crippen LogP contribution in [0.4, 0.5) is 5.69 Å². The fourth-order valence-electron chi connectivity index (χ4n) is 3.00. The highest BCUT2D eigenvalue weighted by Gasteiger charge is 2.32. The van der Waals surface area contributed by atoms with Crippen LogP contribution >= 0.6 is 11.6 Å². The molecule has 0 spiro atoms. The van der Waals surface area contributed by atoms with Gasteiger partial charge in [-0.15, -0.1) is 0 Å². The van der Waals surface area contributed by atoms with Crippen molar-refractivity contribution in [2.45, 2.75) is 26.4 Å². The molecule has 2 aromatic carbocycles. The van der Waals surface area contributed by atoms with Crippen molar-refractivity contribution in [1.29, 1.82) is 0 Å². The Morgan fingerprint density at radius 2 is 1.79 bits per heavy atom. The van der Waals surface area contributed by atoms with E-state index in [-0.39, 0.29) is 5.91 Å². The van der Waals surface area contributed by atoms with Gasteiger partial charge in [0.05, 0.1) is 19.1 Å².